The molecule has 19 nitrogen and oxygen atoms in total. The molecule has 3 aliphatic heterocycles. The zero-order valence-corrected chi connectivity index (χ0v) is 57.9. The number of ether oxygens (including phenoxy) is 6. The summed E-state index contributed by atoms with van der Waals surface area (Å²) in [5, 5.41) is 121. The number of allylic oxidation sites excluding steroid dienone is 11. The van der Waals surface area contributed by atoms with Gasteiger partial charge in [-0.15, -0.1) is 0 Å². The fraction of sp³-hybridized carbons (Fsp3) is 0.827. The Morgan fingerprint density at radius 1 is 0.394 bits per heavy atom. The summed E-state index contributed by atoms with van der Waals surface area (Å²) in [5.74, 6) is -0.309. The lowest BCUT2D eigenvalue weighted by atomic mass is 9.96. The zero-order valence-electron chi connectivity index (χ0n) is 57.9. The van der Waals surface area contributed by atoms with Crippen LogP contribution in [0.1, 0.15) is 264 Å². The molecule has 3 saturated heterocycles. The fourth-order valence-electron chi connectivity index (χ4n) is 12.3. The first-order valence-electron chi connectivity index (χ1n) is 37.2. The Hall–Kier alpha value is -2.77. The molecule has 17 atom stereocenters. The summed E-state index contributed by atoms with van der Waals surface area (Å²) in [7, 11) is 0. The van der Waals surface area contributed by atoms with Gasteiger partial charge in [-0.05, 0) is 70.6 Å². The number of nitrogens with one attached hydrogen (secondary N) is 1. The monoisotopic (exact) mass is 1340 g/mol. The summed E-state index contributed by atoms with van der Waals surface area (Å²) in [6.07, 6.45) is 44.8. The first kappa shape index (κ1) is 85.5. The molecule has 546 valence electrons. The predicted octanol–water partition coefficient (Wildman–Crippen LogP) is 10.9. The average molecular weight is 1340 g/mol. The summed E-state index contributed by atoms with van der Waals surface area (Å²) < 4.78 is 34.3. The lowest BCUT2D eigenvalue weighted by molar-refractivity contribution is -0.379. The first-order valence-corrected chi connectivity index (χ1v) is 37.2. The molecule has 3 aliphatic rings. The lowest BCUT2D eigenvalue weighted by Gasteiger charge is -2.48. The van der Waals surface area contributed by atoms with Crippen molar-refractivity contribution in [2.75, 3.05) is 26.4 Å². The van der Waals surface area contributed by atoms with Crippen LogP contribution in [0.3, 0.4) is 0 Å². The van der Waals surface area contributed by atoms with Crippen LogP contribution in [0, 0.1) is 0 Å². The number of unbranched alkanes of at least 4 members (excludes halogenated alkanes) is 31. The minimum atomic E-state index is -1.99. The van der Waals surface area contributed by atoms with Crippen molar-refractivity contribution >= 4 is 5.91 Å². The van der Waals surface area contributed by atoms with Crippen molar-refractivity contribution in [2.45, 2.75) is 369 Å². The van der Waals surface area contributed by atoms with Gasteiger partial charge < -0.3 is 89.9 Å². The van der Waals surface area contributed by atoms with E-state index in [1.807, 2.05) is 6.08 Å². The number of aliphatic hydroxyl groups is 11. The largest absolute Gasteiger partial charge is 0.394 e. The number of carbonyl (C=O) groups is 1. The Labute approximate surface area is 566 Å². The van der Waals surface area contributed by atoms with Crippen LogP contribution in [0.25, 0.3) is 0 Å². The van der Waals surface area contributed by atoms with Gasteiger partial charge in [-0.25, -0.2) is 0 Å². The van der Waals surface area contributed by atoms with Crippen LogP contribution in [-0.2, 0) is 33.2 Å². The van der Waals surface area contributed by atoms with Crippen LogP contribution >= 0.6 is 0 Å². The van der Waals surface area contributed by atoms with E-state index in [0.717, 1.165) is 70.6 Å². The van der Waals surface area contributed by atoms with Crippen molar-refractivity contribution in [3.8, 4) is 0 Å². The highest BCUT2D eigenvalue weighted by molar-refractivity contribution is 5.76. The molecule has 3 fully saturated rings. The topological polar surface area (TPSA) is 307 Å². The fourth-order valence-corrected chi connectivity index (χ4v) is 12.3. The summed E-state index contributed by atoms with van der Waals surface area (Å²) in [6, 6.07) is -1.01. The molecular formula is C75H133NO18. The summed E-state index contributed by atoms with van der Waals surface area (Å²) >= 11 is 0. The van der Waals surface area contributed by atoms with E-state index in [9.17, 15) is 61.0 Å². The van der Waals surface area contributed by atoms with Gasteiger partial charge in [0.15, 0.2) is 18.9 Å². The Kier molecular flexibility index (Phi) is 50.9. The second-order valence-electron chi connectivity index (χ2n) is 26.4. The second-order valence-corrected chi connectivity index (χ2v) is 26.4. The first-order chi connectivity index (χ1) is 45.8. The highest BCUT2D eigenvalue weighted by Gasteiger charge is 2.53. The molecule has 3 rings (SSSR count). The summed E-state index contributed by atoms with van der Waals surface area (Å²) in [4.78, 5) is 13.4. The second kappa shape index (κ2) is 56.0. The van der Waals surface area contributed by atoms with Gasteiger partial charge in [0.25, 0.3) is 0 Å². The Morgan fingerprint density at radius 3 is 1.19 bits per heavy atom. The van der Waals surface area contributed by atoms with Crippen LogP contribution in [0.15, 0.2) is 72.9 Å². The van der Waals surface area contributed by atoms with Crippen LogP contribution in [-0.4, -0.2) is 193 Å². The van der Waals surface area contributed by atoms with Crippen molar-refractivity contribution in [1.29, 1.82) is 0 Å². The maximum Gasteiger partial charge on any atom is 0.220 e. The molecule has 0 aromatic rings. The van der Waals surface area contributed by atoms with E-state index < -0.39 is 124 Å². The molecule has 94 heavy (non-hydrogen) atoms. The molecule has 0 aliphatic carbocycles. The number of rotatable bonds is 57. The molecule has 17 unspecified atom stereocenters. The number of hydrogen-bond acceptors (Lipinski definition) is 18. The molecule has 0 aromatic carbocycles. The molecule has 0 radical (unpaired) electrons. The molecule has 0 bridgehead atoms. The smallest absolute Gasteiger partial charge is 0.220 e. The van der Waals surface area contributed by atoms with E-state index in [4.69, 9.17) is 28.4 Å². The van der Waals surface area contributed by atoms with Crippen molar-refractivity contribution in [3.05, 3.63) is 72.9 Å². The Morgan fingerprint density at radius 2 is 0.745 bits per heavy atom. The molecular weight excluding hydrogens is 1200 g/mol. The third kappa shape index (κ3) is 36.9. The van der Waals surface area contributed by atoms with E-state index in [1.165, 1.54) is 161 Å². The standard InChI is InChI=1S/C75H133NO18/c1-3-5-7-9-11-13-15-17-19-21-22-23-24-25-26-27-28-29-30-31-32-33-34-35-37-38-40-42-44-46-48-50-52-59(80)58(76-63(81)53-51-49-47-45-43-41-39-36-20-18-16-14-12-10-8-6-4-2)57-89-73-69(87)66(84)71(61(55-78)91-73)94-75-70(88)67(85)72(62(56-79)92-75)93-74-68(86)65(83)64(82)60(54-77)90-74/h6,8,12,14,18,20,39,41-42,44,50,52,58-62,64-75,77-80,82-88H,3-5,7,9-11,13,15-17,19,21-38,40,43,45-49,51,53-57H2,1-2H3,(H,76,81)/b8-6-,14-12-,20-18-,41-39-,44-42+,52-50+. The van der Waals surface area contributed by atoms with Gasteiger partial charge >= 0.3 is 0 Å². The Balaban J connectivity index is 1.40. The maximum atomic E-state index is 13.4. The summed E-state index contributed by atoms with van der Waals surface area (Å²) in [6.45, 7) is 1.59. The average Bonchev–Trinajstić information content (AvgIpc) is 0.787. The van der Waals surface area contributed by atoms with Gasteiger partial charge in [-0.1, -0.05) is 260 Å². The highest BCUT2D eigenvalue weighted by atomic mass is 16.8. The van der Waals surface area contributed by atoms with Gasteiger partial charge in [0.1, 0.15) is 73.2 Å². The molecule has 19 heteroatoms. The van der Waals surface area contributed by atoms with Gasteiger partial charge in [0, 0.05) is 6.42 Å². The zero-order chi connectivity index (χ0) is 68.2. The van der Waals surface area contributed by atoms with Crippen molar-refractivity contribution < 1.29 is 89.4 Å². The minimum Gasteiger partial charge on any atom is -0.394 e. The molecule has 0 saturated carbocycles. The molecule has 0 aromatic heterocycles. The van der Waals surface area contributed by atoms with E-state index in [-0.39, 0.29) is 18.9 Å². The number of aliphatic hydroxyl groups excluding tert-OH is 11. The van der Waals surface area contributed by atoms with Crippen molar-refractivity contribution in [3.63, 3.8) is 0 Å². The third-order valence-electron chi connectivity index (χ3n) is 18.2. The summed E-state index contributed by atoms with van der Waals surface area (Å²) in [5.41, 5.74) is 0. The van der Waals surface area contributed by atoms with Crippen molar-refractivity contribution in [1.82, 2.24) is 5.32 Å². The van der Waals surface area contributed by atoms with Gasteiger partial charge in [0.2, 0.25) is 5.91 Å². The highest BCUT2D eigenvalue weighted by Crippen LogP contribution is 2.33. The number of hydrogen-bond donors (Lipinski definition) is 12. The van der Waals surface area contributed by atoms with E-state index in [2.05, 4.69) is 79.9 Å². The minimum absolute atomic E-state index is 0.204. The van der Waals surface area contributed by atoms with Gasteiger partial charge in [-0.3, -0.25) is 4.79 Å². The van der Waals surface area contributed by atoms with Gasteiger partial charge in [0.05, 0.1) is 38.6 Å². The van der Waals surface area contributed by atoms with Crippen molar-refractivity contribution in [2.24, 2.45) is 0 Å². The predicted molar refractivity (Wildman–Crippen MR) is 369 cm³/mol. The van der Waals surface area contributed by atoms with Gasteiger partial charge in [-0.2, -0.15) is 0 Å². The SMILES string of the molecule is CC/C=C\C/C=C\C/C=C\C/C=C\CCCCCCC(=O)NC(COC1OC(CO)C(OC2OC(CO)C(OC3OC(CO)C(O)C(O)C3O)C(O)C2O)C(O)C1O)C(O)/C=C/CC/C=C/CCCCCCCCCCCCCCCCCCCCCCCCCCCC. The van der Waals surface area contributed by atoms with Crippen LogP contribution in [0.4, 0.5) is 0 Å². The molecule has 3 heterocycles. The lowest BCUT2D eigenvalue weighted by Crippen LogP contribution is -2.66. The normalized spacial score (nSPS) is 27.8. The molecule has 0 spiro atoms. The van der Waals surface area contributed by atoms with E-state index >= 15 is 0 Å². The molecule has 1 amide bonds. The van der Waals surface area contributed by atoms with Crippen LogP contribution in [0.2, 0.25) is 0 Å². The van der Waals surface area contributed by atoms with E-state index in [1.54, 1.807) is 6.08 Å². The quantitative estimate of drug-likeness (QED) is 0.0199. The Bertz CT molecular complexity index is 1980. The number of carbonyl (C=O) groups excluding carboxylic acids is 1. The molecule has 12 N–H and O–H groups in total. The number of amides is 1. The maximum absolute atomic E-state index is 13.4. The van der Waals surface area contributed by atoms with Crippen LogP contribution in [0.5, 0.6) is 0 Å². The van der Waals surface area contributed by atoms with E-state index in [0.29, 0.717) is 12.8 Å². The third-order valence-corrected chi connectivity index (χ3v) is 18.2. The van der Waals surface area contributed by atoms with Crippen LogP contribution < -0.4 is 5.32 Å².